The monoisotopic (exact) mass is 387 g/mol. The molecule has 1 aliphatic heterocycles. The van der Waals surface area contributed by atoms with Gasteiger partial charge in [0.15, 0.2) is 0 Å². The fraction of sp³-hybridized carbons (Fsp3) is 0.211. The van der Waals surface area contributed by atoms with E-state index in [0.29, 0.717) is 42.7 Å². The Kier molecular flexibility index (Phi) is 6.05. The number of ether oxygens (including phenoxy) is 1. The SMILES string of the molecule is O=C(/C=C/c1ccc(Cl)cc1)Nc1ccc([N+](=O)[O-])cc1N1CCOCC1. The first-order chi connectivity index (χ1) is 13.0. The molecule has 140 valence electrons. The topological polar surface area (TPSA) is 84.7 Å². The van der Waals surface area contributed by atoms with Gasteiger partial charge in [-0.3, -0.25) is 14.9 Å². The number of hydrogen-bond donors (Lipinski definition) is 1. The van der Waals surface area contributed by atoms with Gasteiger partial charge in [-0.15, -0.1) is 0 Å². The predicted octanol–water partition coefficient (Wildman–Crippen LogP) is 3.74. The van der Waals surface area contributed by atoms with Crippen LogP contribution in [0.1, 0.15) is 5.56 Å². The Morgan fingerprint density at radius 3 is 2.56 bits per heavy atom. The molecule has 0 radical (unpaired) electrons. The van der Waals surface area contributed by atoms with Crippen LogP contribution in [0.5, 0.6) is 0 Å². The van der Waals surface area contributed by atoms with Crippen molar-refractivity contribution in [3.05, 3.63) is 69.2 Å². The van der Waals surface area contributed by atoms with E-state index in [0.717, 1.165) is 5.56 Å². The highest BCUT2D eigenvalue weighted by Crippen LogP contribution is 2.31. The Morgan fingerprint density at radius 2 is 1.89 bits per heavy atom. The van der Waals surface area contributed by atoms with Crippen molar-refractivity contribution >= 4 is 40.6 Å². The minimum absolute atomic E-state index is 0.0220. The van der Waals surface area contributed by atoms with E-state index < -0.39 is 4.92 Å². The molecule has 2 aromatic carbocycles. The van der Waals surface area contributed by atoms with Crippen molar-refractivity contribution in [2.45, 2.75) is 0 Å². The average Bonchev–Trinajstić information content (AvgIpc) is 2.68. The number of hydrogen-bond acceptors (Lipinski definition) is 5. The first-order valence-electron chi connectivity index (χ1n) is 8.39. The second-order valence-electron chi connectivity index (χ2n) is 5.93. The minimum Gasteiger partial charge on any atom is -0.378 e. The summed E-state index contributed by atoms with van der Waals surface area (Å²) in [7, 11) is 0. The Hall–Kier alpha value is -2.90. The van der Waals surface area contributed by atoms with Crippen LogP contribution in [-0.4, -0.2) is 37.1 Å². The van der Waals surface area contributed by atoms with Gasteiger partial charge < -0.3 is 15.0 Å². The first-order valence-corrected chi connectivity index (χ1v) is 8.76. The van der Waals surface area contributed by atoms with Crippen LogP contribution in [0.15, 0.2) is 48.5 Å². The molecule has 1 amide bonds. The zero-order valence-electron chi connectivity index (χ0n) is 14.4. The molecule has 0 aliphatic carbocycles. The highest BCUT2D eigenvalue weighted by Gasteiger charge is 2.19. The van der Waals surface area contributed by atoms with Gasteiger partial charge in [-0.2, -0.15) is 0 Å². The van der Waals surface area contributed by atoms with Gasteiger partial charge in [-0.25, -0.2) is 0 Å². The summed E-state index contributed by atoms with van der Waals surface area (Å²) in [6, 6.07) is 11.5. The number of carbonyl (C=O) groups excluding carboxylic acids is 1. The second-order valence-corrected chi connectivity index (χ2v) is 6.37. The van der Waals surface area contributed by atoms with E-state index in [2.05, 4.69) is 5.32 Å². The van der Waals surface area contributed by atoms with Crippen molar-refractivity contribution < 1.29 is 14.5 Å². The van der Waals surface area contributed by atoms with Gasteiger partial charge in [0.05, 0.1) is 29.5 Å². The second kappa shape index (κ2) is 8.66. The van der Waals surface area contributed by atoms with Crippen LogP contribution >= 0.6 is 11.6 Å². The van der Waals surface area contributed by atoms with E-state index >= 15 is 0 Å². The lowest BCUT2D eigenvalue weighted by molar-refractivity contribution is -0.384. The molecule has 7 nitrogen and oxygen atoms in total. The summed E-state index contributed by atoms with van der Waals surface area (Å²) in [6.07, 6.45) is 3.08. The van der Waals surface area contributed by atoms with Gasteiger partial charge in [0, 0.05) is 36.3 Å². The number of halogens is 1. The predicted molar refractivity (Wildman–Crippen MR) is 105 cm³/mol. The average molecular weight is 388 g/mol. The molecule has 0 saturated carbocycles. The largest absolute Gasteiger partial charge is 0.378 e. The number of nitro groups is 1. The zero-order valence-corrected chi connectivity index (χ0v) is 15.2. The normalized spacial score (nSPS) is 14.3. The molecule has 3 rings (SSSR count). The standard InChI is InChI=1S/C19H18ClN3O4/c20-15-4-1-14(2-5-15)3-8-19(24)21-17-7-6-16(23(25)26)13-18(17)22-9-11-27-12-10-22/h1-8,13H,9-12H2,(H,21,24)/b8-3+. The van der Waals surface area contributed by atoms with Crippen molar-refractivity contribution in [2.24, 2.45) is 0 Å². The molecular weight excluding hydrogens is 370 g/mol. The number of nitro benzene ring substituents is 1. The van der Waals surface area contributed by atoms with Crippen LogP contribution in [0, 0.1) is 10.1 Å². The molecule has 1 saturated heterocycles. The van der Waals surface area contributed by atoms with E-state index in [9.17, 15) is 14.9 Å². The summed E-state index contributed by atoms with van der Waals surface area (Å²) in [5.41, 5.74) is 1.95. The number of rotatable bonds is 5. The van der Waals surface area contributed by atoms with Crippen molar-refractivity contribution in [1.82, 2.24) is 0 Å². The molecule has 0 unspecified atom stereocenters. The van der Waals surface area contributed by atoms with E-state index in [4.69, 9.17) is 16.3 Å². The number of amides is 1. The molecule has 1 fully saturated rings. The molecule has 0 atom stereocenters. The summed E-state index contributed by atoms with van der Waals surface area (Å²) in [5, 5.41) is 14.5. The highest BCUT2D eigenvalue weighted by molar-refractivity contribution is 6.30. The zero-order chi connectivity index (χ0) is 19.2. The van der Waals surface area contributed by atoms with Crippen molar-refractivity contribution in [3.8, 4) is 0 Å². The number of anilines is 2. The molecule has 0 aromatic heterocycles. The lowest BCUT2D eigenvalue weighted by atomic mass is 10.2. The maximum absolute atomic E-state index is 12.3. The van der Waals surface area contributed by atoms with Gasteiger partial charge in [0.25, 0.3) is 5.69 Å². The maximum atomic E-state index is 12.3. The third kappa shape index (κ3) is 5.06. The molecule has 1 N–H and O–H groups in total. The Labute approximate surface area is 161 Å². The fourth-order valence-corrected chi connectivity index (χ4v) is 2.85. The molecule has 0 spiro atoms. The van der Waals surface area contributed by atoms with Crippen LogP contribution in [-0.2, 0) is 9.53 Å². The molecular formula is C19H18ClN3O4. The summed E-state index contributed by atoms with van der Waals surface area (Å²) in [5.74, 6) is -0.326. The first kappa shape index (κ1) is 18.9. The van der Waals surface area contributed by atoms with Crippen molar-refractivity contribution in [2.75, 3.05) is 36.5 Å². The van der Waals surface area contributed by atoms with E-state index in [-0.39, 0.29) is 11.6 Å². The van der Waals surface area contributed by atoms with Gasteiger partial charge in [-0.1, -0.05) is 23.7 Å². The Bertz CT molecular complexity index is 862. The molecule has 1 heterocycles. The van der Waals surface area contributed by atoms with E-state index in [1.807, 2.05) is 4.90 Å². The van der Waals surface area contributed by atoms with Crippen LogP contribution in [0.25, 0.3) is 6.08 Å². The van der Waals surface area contributed by atoms with Crippen molar-refractivity contribution in [3.63, 3.8) is 0 Å². The lowest BCUT2D eigenvalue weighted by Crippen LogP contribution is -2.36. The number of benzene rings is 2. The maximum Gasteiger partial charge on any atom is 0.271 e. The summed E-state index contributed by atoms with van der Waals surface area (Å²) in [6.45, 7) is 2.27. The molecule has 2 aromatic rings. The quantitative estimate of drug-likeness (QED) is 0.480. The lowest BCUT2D eigenvalue weighted by Gasteiger charge is -2.30. The van der Waals surface area contributed by atoms with Gasteiger partial charge in [-0.05, 0) is 29.8 Å². The molecule has 1 aliphatic rings. The molecule has 0 bridgehead atoms. The van der Waals surface area contributed by atoms with Crippen LogP contribution < -0.4 is 10.2 Å². The number of carbonyl (C=O) groups is 1. The fourth-order valence-electron chi connectivity index (χ4n) is 2.73. The minimum atomic E-state index is -0.448. The number of nitrogens with one attached hydrogen (secondary N) is 1. The smallest absolute Gasteiger partial charge is 0.271 e. The Morgan fingerprint density at radius 1 is 1.19 bits per heavy atom. The van der Waals surface area contributed by atoms with Crippen LogP contribution in [0.4, 0.5) is 17.1 Å². The molecule has 27 heavy (non-hydrogen) atoms. The van der Waals surface area contributed by atoms with Crippen LogP contribution in [0.2, 0.25) is 5.02 Å². The highest BCUT2D eigenvalue weighted by atomic mass is 35.5. The number of nitrogens with zero attached hydrogens (tertiary/aromatic N) is 2. The van der Waals surface area contributed by atoms with E-state index in [1.165, 1.54) is 18.2 Å². The summed E-state index contributed by atoms with van der Waals surface area (Å²) < 4.78 is 5.33. The summed E-state index contributed by atoms with van der Waals surface area (Å²) >= 11 is 5.84. The Balaban J connectivity index is 1.79. The molecule has 8 heteroatoms. The van der Waals surface area contributed by atoms with Gasteiger partial charge >= 0.3 is 0 Å². The number of morpholine rings is 1. The van der Waals surface area contributed by atoms with Gasteiger partial charge in [0.1, 0.15) is 0 Å². The van der Waals surface area contributed by atoms with Gasteiger partial charge in [0.2, 0.25) is 5.91 Å². The van der Waals surface area contributed by atoms with E-state index in [1.54, 1.807) is 36.4 Å². The summed E-state index contributed by atoms with van der Waals surface area (Å²) in [4.78, 5) is 24.9. The van der Waals surface area contributed by atoms with Crippen LogP contribution in [0.3, 0.4) is 0 Å². The number of non-ortho nitro benzene ring substituents is 1. The van der Waals surface area contributed by atoms with Crippen molar-refractivity contribution in [1.29, 1.82) is 0 Å². The third-order valence-electron chi connectivity index (χ3n) is 4.10. The third-order valence-corrected chi connectivity index (χ3v) is 4.35.